The number of fused-ring (bicyclic) bond motifs is 2. The number of aliphatic hydroxyl groups excluding tert-OH is 1. The lowest BCUT2D eigenvalue weighted by Crippen LogP contribution is -2.44. The van der Waals surface area contributed by atoms with Crippen LogP contribution in [0.3, 0.4) is 0 Å². The second-order valence-electron chi connectivity index (χ2n) is 7.18. The Balaban J connectivity index is 1.87. The number of rotatable bonds is 4. The van der Waals surface area contributed by atoms with E-state index in [4.69, 9.17) is 5.11 Å². The molecule has 3 N–H and O–H groups in total. The van der Waals surface area contributed by atoms with Crippen molar-refractivity contribution in [2.45, 2.75) is 31.2 Å². The highest BCUT2D eigenvalue weighted by Gasteiger charge is 2.49. The van der Waals surface area contributed by atoms with Gasteiger partial charge in [-0.1, -0.05) is 43.2 Å². The molecule has 2 heterocycles. The second-order valence-corrected chi connectivity index (χ2v) is 7.18. The molecular weight excluding hydrogens is 360 g/mol. The zero-order valence-electron chi connectivity index (χ0n) is 15.1. The third kappa shape index (κ3) is 2.62. The molecule has 7 heteroatoms. The minimum Gasteiger partial charge on any atom is -0.509 e. The summed E-state index contributed by atoms with van der Waals surface area (Å²) >= 11 is 0. The first-order chi connectivity index (χ1) is 13.5. The van der Waals surface area contributed by atoms with Crippen molar-refractivity contribution in [3.8, 4) is 11.1 Å². The first-order valence-electron chi connectivity index (χ1n) is 9.21. The first-order valence-corrected chi connectivity index (χ1v) is 9.21. The lowest BCUT2D eigenvalue weighted by Gasteiger charge is -2.37. The van der Waals surface area contributed by atoms with Gasteiger partial charge >= 0.3 is 5.97 Å². The summed E-state index contributed by atoms with van der Waals surface area (Å²) in [7, 11) is 0. The highest BCUT2D eigenvalue weighted by Crippen LogP contribution is 2.48. The van der Waals surface area contributed by atoms with E-state index in [0.29, 0.717) is 24.1 Å². The van der Waals surface area contributed by atoms with Crippen LogP contribution < -0.4 is 5.32 Å². The highest BCUT2D eigenvalue weighted by atomic mass is 16.4. The number of carbonyl (C=O) groups is 3. The van der Waals surface area contributed by atoms with Crippen LogP contribution in [0, 0.1) is 0 Å². The van der Waals surface area contributed by atoms with Crippen LogP contribution >= 0.6 is 0 Å². The number of carboxylic acid groups (broad SMARTS) is 1. The van der Waals surface area contributed by atoms with Gasteiger partial charge in [0.05, 0.1) is 5.69 Å². The van der Waals surface area contributed by atoms with E-state index in [1.807, 2.05) is 36.4 Å². The van der Waals surface area contributed by atoms with E-state index in [0.717, 1.165) is 18.4 Å². The van der Waals surface area contributed by atoms with Crippen LogP contribution in [-0.4, -0.2) is 39.0 Å². The largest absolute Gasteiger partial charge is 0.509 e. The van der Waals surface area contributed by atoms with E-state index in [1.54, 1.807) is 10.8 Å². The van der Waals surface area contributed by atoms with Crippen molar-refractivity contribution in [2.24, 2.45) is 0 Å². The Morgan fingerprint density at radius 2 is 1.79 bits per heavy atom. The van der Waals surface area contributed by atoms with E-state index in [1.165, 1.54) is 0 Å². The number of nitrogens with zero attached hydrogens (tertiary/aromatic N) is 1. The van der Waals surface area contributed by atoms with E-state index in [2.05, 4.69) is 5.32 Å². The summed E-state index contributed by atoms with van der Waals surface area (Å²) in [5.74, 6) is -2.94. The van der Waals surface area contributed by atoms with E-state index in [-0.39, 0.29) is 11.3 Å². The van der Waals surface area contributed by atoms with Gasteiger partial charge in [-0.2, -0.15) is 0 Å². The molecule has 1 aromatic heterocycles. The number of amides is 1. The number of allylic oxidation sites excluding steroid dienone is 1. The number of benzene rings is 1. The fourth-order valence-corrected chi connectivity index (χ4v) is 4.34. The number of carboxylic acids is 1. The molecule has 0 bridgehead atoms. The van der Waals surface area contributed by atoms with Gasteiger partial charge in [0.1, 0.15) is 23.4 Å². The summed E-state index contributed by atoms with van der Waals surface area (Å²) in [5.41, 5.74) is 0.682. The Morgan fingerprint density at radius 1 is 1.11 bits per heavy atom. The fourth-order valence-electron chi connectivity index (χ4n) is 4.34. The molecule has 144 valence electrons. The standard InChI is InChI=1S/C21H20N2O5/c24-15(25)12-22-20(28)16-18(26)17-14(13-6-2-1-3-7-13)8-11-23(17)21(19(16)27)9-4-5-10-21/h1-3,6-8,11,27H,4-5,9-10,12H2,(H,22,28)(H,24,25). The molecule has 0 radical (unpaired) electrons. The maximum Gasteiger partial charge on any atom is 0.322 e. The summed E-state index contributed by atoms with van der Waals surface area (Å²) in [5, 5.41) is 22.0. The third-order valence-corrected chi connectivity index (χ3v) is 5.61. The molecule has 0 unspecified atom stereocenters. The number of aliphatic hydroxyl groups is 1. The molecule has 1 aliphatic carbocycles. The average molecular weight is 380 g/mol. The Labute approximate surface area is 161 Å². The molecular formula is C21H20N2O5. The number of ketones is 1. The average Bonchev–Trinajstić information content (AvgIpc) is 3.34. The molecule has 0 saturated heterocycles. The van der Waals surface area contributed by atoms with Gasteiger partial charge in [0.25, 0.3) is 5.91 Å². The van der Waals surface area contributed by atoms with Crippen LogP contribution in [0.2, 0.25) is 0 Å². The molecule has 1 aromatic carbocycles. The number of aromatic nitrogens is 1. The molecule has 1 spiro atoms. The van der Waals surface area contributed by atoms with Crippen molar-refractivity contribution < 1.29 is 24.6 Å². The van der Waals surface area contributed by atoms with Gasteiger partial charge in [-0.25, -0.2) is 0 Å². The van der Waals surface area contributed by atoms with E-state index < -0.39 is 29.7 Å². The molecule has 7 nitrogen and oxygen atoms in total. The molecule has 28 heavy (non-hydrogen) atoms. The number of Topliss-reactive ketones (excluding diaryl/α,β-unsaturated/α-hetero) is 1. The maximum atomic E-state index is 13.3. The maximum absolute atomic E-state index is 13.3. The van der Waals surface area contributed by atoms with Crippen molar-refractivity contribution in [1.29, 1.82) is 0 Å². The van der Waals surface area contributed by atoms with Gasteiger partial charge < -0.3 is 20.1 Å². The van der Waals surface area contributed by atoms with Crippen molar-refractivity contribution in [3.63, 3.8) is 0 Å². The third-order valence-electron chi connectivity index (χ3n) is 5.61. The molecule has 1 saturated carbocycles. The van der Waals surface area contributed by atoms with Gasteiger partial charge in [0.2, 0.25) is 5.78 Å². The first kappa shape index (κ1) is 18.0. The van der Waals surface area contributed by atoms with E-state index >= 15 is 0 Å². The van der Waals surface area contributed by atoms with Gasteiger partial charge in [-0.3, -0.25) is 14.4 Å². The zero-order chi connectivity index (χ0) is 19.9. The predicted molar refractivity (Wildman–Crippen MR) is 101 cm³/mol. The van der Waals surface area contributed by atoms with Crippen molar-refractivity contribution >= 4 is 17.7 Å². The summed E-state index contributed by atoms with van der Waals surface area (Å²) in [6, 6.07) is 11.2. The highest BCUT2D eigenvalue weighted by molar-refractivity contribution is 6.28. The monoisotopic (exact) mass is 380 g/mol. The Hall–Kier alpha value is -3.35. The normalized spacial score (nSPS) is 17.6. The lowest BCUT2D eigenvalue weighted by atomic mass is 9.84. The van der Waals surface area contributed by atoms with Gasteiger partial charge in [-0.15, -0.1) is 0 Å². The minimum atomic E-state index is -1.22. The topological polar surface area (TPSA) is 109 Å². The van der Waals surface area contributed by atoms with Gasteiger partial charge in [-0.05, 0) is 24.5 Å². The minimum absolute atomic E-state index is 0.263. The predicted octanol–water partition coefficient (Wildman–Crippen LogP) is 2.63. The Bertz CT molecular complexity index is 997. The number of aliphatic carboxylic acids is 1. The number of nitrogens with one attached hydrogen (secondary N) is 1. The van der Waals surface area contributed by atoms with Crippen molar-refractivity contribution in [3.05, 3.63) is 59.6 Å². The van der Waals surface area contributed by atoms with Gasteiger partial charge in [0.15, 0.2) is 0 Å². The molecule has 2 aliphatic rings. The smallest absolute Gasteiger partial charge is 0.322 e. The molecule has 2 aromatic rings. The molecule has 4 rings (SSSR count). The molecule has 1 fully saturated rings. The van der Waals surface area contributed by atoms with Crippen LogP contribution in [0.15, 0.2) is 53.9 Å². The Kier molecular flexibility index (Phi) is 4.30. The molecule has 0 atom stereocenters. The van der Waals surface area contributed by atoms with Crippen molar-refractivity contribution in [1.82, 2.24) is 9.88 Å². The van der Waals surface area contributed by atoms with Crippen LogP contribution in [0.4, 0.5) is 0 Å². The summed E-state index contributed by atoms with van der Waals surface area (Å²) in [6.07, 6.45) is 4.74. The number of hydrogen-bond donors (Lipinski definition) is 3. The second kappa shape index (κ2) is 6.67. The molecule has 1 amide bonds. The molecule has 1 aliphatic heterocycles. The van der Waals surface area contributed by atoms with Gasteiger partial charge in [0, 0.05) is 11.8 Å². The quantitative estimate of drug-likeness (QED) is 0.707. The summed E-state index contributed by atoms with van der Waals surface area (Å²) in [4.78, 5) is 36.7. The summed E-state index contributed by atoms with van der Waals surface area (Å²) in [6.45, 7) is -0.623. The zero-order valence-corrected chi connectivity index (χ0v) is 15.1. The Morgan fingerprint density at radius 3 is 2.43 bits per heavy atom. The lowest BCUT2D eigenvalue weighted by molar-refractivity contribution is -0.137. The van der Waals surface area contributed by atoms with Crippen LogP contribution in [0.25, 0.3) is 11.1 Å². The van der Waals surface area contributed by atoms with Crippen molar-refractivity contribution in [2.75, 3.05) is 6.54 Å². The fraction of sp³-hybridized carbons (Fsp3) is 0.286. The van der Waals surface area contributed by atoms with E-state index in [9.17, 15) is 19.5 Å². The van der Waals surface area contributed by atoms with Crippen LogP contribution in [0.5, 0.6) is 0 Å². The number of carbonyl (C=O) groups excluding carboxylic acids is 2. The number of hydrogen-bond acceptors (Lipinski definition) is 4. The SMILES string of the molecule is O=C(O)CNC(=O)C1=C(O)C2(CCCC2)n2ccc(-c3ccccc3)c2C1=O. The summed E-state index contributed by atoms with van der Waals surface area (Å²) < 4.78 is 1.80. The van der Waals surface area contributed by atoms with Crippen LogP contribution in [-0.2, 0) is 15.1 Å². The van der Waals surface area contributed by atoms with Crippen LogP contribution in [0.1, 0.15) is 36.2 Å².